The first kappa shape index (κ1) is 28.4. The maximum atomic E-state index is 13.3. The van der Waals surface area contributed by atoms with Gasteiger partial charge in [-0.25, -0.2) is 4.98 Å². The second-order valence-electron chi connectivity index (χ2n) is 10.4. The predicted octanol–water partition coefficient (Wildman–Crippen LogP) is 2.40. The highest BCUT2D eigenvalue weighted by molar-refractivity contribution is 6.10. The highest BCUT2D eigenvalue weighted by Crippen LogP contribution is 2.26. The van der Waals surface area contributed by atoms with Crippen molar-refractivity contribution in [3.63, 3.8) is 0 Å². The summed E-state index contributed by atoms with van der Waals surface area (Å²) in [7, 11) is 4.17. The number of piperidine rings is 1. The quantitative estimate of drug-likeness (QED) is 0.547. The minimum Gasteiger partial charge on any atom is -0.404 e. The van der Waals surface area contributed by atoms with Crippen LogP contribution in [0.1, 0.15) is 71.2 Å². The zero-order chi connectivity index (χ0) is 27.6. The molecule has 1 fully saturated rings. The van der Waals surface area contributed by atoms with Crippen LogP contribution in [0.15, 0.2) is 35.6 Å². The van der Waals surface area contributed by atoms with Gasteiger partial charge in [-0.3, -0.25) is 19.3 Å². The maximum Gasteiger partial charge on any atom is 0.274 e. The molecule has 0 unspecified atom stereocenters. The number of carbonyl (C=O) groups is 2. The molecule has 2 aromatic rings. The first-order chi connectivity index (χ1) is 18.9. The van der Waals surface area contributed by atoms with E-state index in [0.717, 1.165) is 64.7 Å². The first-order valence-corrected chi connectivity index (χ1v) is 13.9. The molecule has 0 aromatic carbocycles. The van der Waals surface area contributed by atoms with E-state index in [1.54, 1.807) is 30.6 Å². The molecule has 39 heavy (non-hydrogen) atoms. The lowest BCUT2D eigenvalue weighted by Crippen LogP contribution is -2.38. The van der Waals surface area contributed by atoms with E-state index in [0.29, 0.717) is 30.0 Å². The van der Waals surface area contributed by atoms with E-state index in [2.05, 4.69) is 49.6 Å². The van der Waals surface area contributed by atoms with Crippen LogP contribution in [-0.4, -0.2) is 96.0 Å². The number of aromatic nitrogens is 3. The fourth-order valence-corrected chi connectivity index (χ4v) is 4.82. The van der Waals surface area contributed by atoms with Crippen LogP contribution >= 0.6 is 0 Å². The Bertz CT molecular complexity index is 1180. The van der Waals surface area contributed by atoms with Crippen molar-refractivity contribution in [2.75, 3.05) is 58.7 Å². The molecule has 0 atom stereocenters. The number of allylic oxidation sites excluding steroid dienone is 1. The molecule has 0 aliphatic carbocycles. The third kappa shape index (κ3) is 7.96. The summed E-state index contributed by atoms with van der Waals surface area (Å²) in [6.45, 7) is 5.23. The fraction of sp³-hybridized carbons (Fsp3) is 0.536. The van der Waals surface area contributed by atoms with Crippen LogP contribution in [0.4, 0.5) is 5.69 Å². The van der Waals surface area contributed by atoms with Gasteiger partial charge in [0.25, 0.3) is 11.8 Å². The van der Waals surface area contributed by atoms with Crippen molar-refractivity contribution in [3.05, 3.63) is 47.7 Å². The van der Waals surface area contributed by atoms with E-state index in [4.69, 9.17) is 5.73 Å². The third-order valence-electron chi connectivity index (χ3n) is 7.18. The Morgan fingerprint density at radius 1 is 1.08 bits per heavy atom. The number of likely N-dealkylation sites (N-methyl/N-ethyl adjacent to an activating group) is 1. The summed E-state index contributed by atoms with van der Waals surface area (Å²) in [5, 5.41) is 10.5. The second-order valence-corrected chi connectivity index (χ2v) is 10.4. The smallest absolute Gasteiger partial charge is 0.274 e. The molecule has 2 aliphatic rings. The lowest BCUT2D eigenvalue weighted by Gasteiger charge is -2.32. The molecular formula is C28H41N9O2. The van der Waals surface area contributed by atoms with Gasteiger partial charge in [0, 0.05) is 63.5 Å². The number of amides is 2. The Kier molecular flexibility index (Phi) is 10.2. The minimum absolute atomic E-state index is 0.164. The number of nitrogens with one attached hydrogen (secondary N) is 2. The van der Waals surface area contributed by atoms with Gasteiger partial charge in [0.2, 0.25) is 0 Å². The molecule has 4 N–H and O–H groups in total. The standard InChI is InChI=1S/C28H41N9O2/c1-35(2)16-17-36-14-10-22(11-15-36)37-20-25-26(34-37)28(39)31-13-6-4-3-5-12-30-19-21(18-29)23-8-7-9-24(32-23)27(38)33-25/h7-9,18-20,22H,3-6,10-17,29H2,1-2H3,(H,31,39)(H,33,38). The van der Waals surface area contributed by atoms with E-state index in [1.165, 1.54) is 6.20 Å². The van der Waals surface area contributed by atoms with Gasteiger partial charge in [-0.2, -0.15) is 5.10 Å². The third-order valence-corrected chi connectivity index (χ3v) is 7.18. The number of nitrogens with two attached hydrogens (primary N) is 1. The summed E-state index contributed by atoms with van der Waals surface area (Å²) >= 11 is 0. The SMILES string of the molecule is CN(C)CCN1CCC(n2cc3c(n2)C(=O)NCCCCCCN=CC(=CN)c2cccc(n2)C(=O)N3)CC1. The highest BCUT2D eigenvalue weighted by Gasteiger charge is 2.26. The van der Waals surface area contributed by atoms with Crippen LogP contribution in [-0.2, 0) is 0 Å². The minimum atomic E-state index is -0.418. The lowest BCUT2D eigenvalue weighted by atomic mass is 10.1. The summed E-state index contributed by atoms with van der Waals surface area (Å²) in [5.41, 5.74) is 7.87. The van der Waals surface area contributed by atoms with Crippen molar-refractivity contribution < 1.29 is 9.59 Å². The van der Waals surface area contributed by atoms with E-state index in [9.17, 15) is 9.59 Å². The van der Waals surface area contributed by atoms with Gasteiger partial charge in [0.15, 0.2) is 5.69 Å². The van der Waals surface area contributed by atoms with Crippen LogP contribution in [0.5, 0.6) is 0 Å². The van der Waals surface area contributed by atoms with Crippen molar-refractivity contribution in [1.82, 2.24) is 29.9 Å². The summed E-state index contributed by atoms with van der Waals surface area (Å²) in [6, 6.07) is 5.35. The molecule has 1 saturated heterocycles. The molecule has 0 radical (unpaired) electrons. The average molecular weight is 536 g/mol. The van der Waals surface area contributed by atoms with Gasteiger partial charge in [-0.05, 0) is 51.9 Å². The summed E-state index contributed by atoms with van der Waals surface area (Å²) in [6.07, 6.45) is 10.6. The number of anilines is 1. The monoisotopic (exact) mass is 535 g/mol. The summed E-state index contributed by atoms with van der Waals surface area (Å²) in [4.78, 5) is 40.0. The molecule has 0 spiro atoms. The topological polar surface area (TPSA) is 134 Å². The Labute approximate surface area is 230 Å². The Morgan fingerprint density at radius 2 is 1.85 bits per heavy atom. The molecule has 11 nitrogen and oxygen atoms in total. The number of likely N-dealkylation sites (tertiary alicyclic amines) is 1. The fourth-order valence-electron chi connectivity index (χ4n) is 4.82. The largest absolute Gasteiger partial charge is 0.404 e. The molecule has 0 saturated carbocycles. The van der Waals surface area contributed by atoms with E-state index in [1.807, 2.05) is 4.68 Å². The molecule has 2 bridgehead atoms. The normalized spacial score (nSPS) is 19.8. The molecule has 4 heterocycles. The van der Waals surface area contributed by atoms with Crippen LogP contribution in [0, 0.1) is 0 Å². The number of hydrogen-bond donors (Lipinski definition) is 3. The molecule has 2 aliphatic heterocycles. The van der Waals surface area contributed by atoms with Crippen molar-refractivity contribution >= 4 is 29.3 Å². The van der Waals surface area contributed by atoms with Crippen molar-refractivity contribution in [2.45, 2.75) is 44.6 Å². The summed E-state index contributed by atoms with van der Waals surface area (Å²) in [5.74, 6) is -0.702. The van der Waals surface area contributed by atoms with Crippen LogP contribution < -0.4 is 16.4 Å². The number of fused-ring (bicyclic) bond motifs is 3. The lowest BCUT2D eigenvalue weighted by molar-refractivity contribution is 0.0946. The zero-order valence-corrected chi connectivity index (χ0v) is 23.1. The molecule has 11 heteroatoms. The van der Waals surface area contributed by atoms with E-state index < -0.39 is 5.91 Å². The predicted molar refractivity (Wildman–Crippen MR) is 154 cm³/mol. The Balaban J connectivity index is 1.56. The maximum absolute atomic E-state index is 13.3. The second kappa shape index (κ2) is 14.0. The van der Waals surface area contributed by atoms with Gasteiger partial charge in [-0.15, -0.1) is 0 Å². The summed E-state index contributed by atoms with van der Waals surface area (Å²) < 4.78 is 1.85. The van der Waals surface area contributed by atoms with Crippen LogP contribution in [0.2, 0.25) is 0 Å². The van der Waals surface area contributed by atoms with Gasteiger partial charge in [-0.1, -0.05) is 18.9 Å². The Morgan fingerprint density at radius 3 is 2.62 bits per heavy atom. The molecule has 4 rings (SSSR count). The number of rotatable bonds is 4. The van der Waals surface area contributed by atoms with Gasteiger partial charge in [0.05, 0.1) is 17.4 Å². The number of hydrogen-bond acceptors (Lipinski definition) is 8. The number of aliphatic imine (C=N–C) groups is 1. The van der Waals surface area contributed by atoms with Crippen molar-refractivity contribution in [1.29, 1.82) is 0 Å². The van der Waals surface area contributed by atoms with Crippen LogP contribution in [0.3, 0.4) is 0 Å². The van der Waals surface area contributed by atoms with Crippen molar-refractivity contribution in [3.8, 4) is 0 Å². The molecular weight excluding hydrogens is 494 g/mol. The Hall–Kier alpha value is -3.57. The van der Waals surface area contributed by atoms with Crippen molar-refractivity contribution in [2.24, 2.45) is 10.7 Å². The number of pyridine rings is 1. The molecule has 2 amide bonds. The molecule has 210 valence electrons. The number of nitrogens with zero attached hydrogens (tertiary/aromatic N) is 6. The molecule has 2 aromatic heterocycles. The zero-order valence-electron chi connectivity index (χ0n) is 23.1. The van der Waals surface area contributed by atoms with Crippen LogP contribution in [0.25, 0.3) is 5.57 Å². The number of carbonyl (C=O) groups excluding carboxylic acids is 2. The van der Waals surface area contributed by atoms with Gasteiger partial charge < -0.3 is 26.2 Å². The van der Waals surface area contributed by atoms with Gasteiger partial charge >= 0.3 is 0 Å². The first-order valence-electron chi connectivity index (χ1n) is 13.9. The average Bonchev–Trinajstić information content (AvgIpc) is 3.36. The van der Waals surface area contributed by atoms with Gasteiger partial charge in [0.1, 0.15) is 5.69 Å². The highest BCUT2D eigenvalue weighted by atomic mass is 16.2. The van der Waals surface area contributed by atoms with E-state index >= 15 is 0 Å². The van der Waals surface area contributed by atoms with E-state index in [-0.39, 0.29) is 23.3 Å².